The molecule has 1 aromatic rings. The van der Waals surface area contributed by atoms with E-state index in [0.29, 0.717) is 24.1 Å². The predicted molar refractivity (Wildman–Crippen MR) is 71.1 cm³/mol. The summed E-state index contributed by atoms with van der Waals surface area (Å²) in [7, 11) is 3.07. The van der Waals surface area contributed by atoms with E-state index in [0.717, 1.165) is 24.0 Å². The Morgan fingerprint density at radius 1 is 1.42 bits per heavy atom. The normalized spacial score (nSPS) is 17.7. The lowest BCUT2D eigenvalue weighted by Gasteiger charge is -2.28. The summed E-state index contributed by atoms with van der Waals surface area (Å²) in [6.45, 7) is 2.78. The first-order valence-electron chi connectivity index (χ1n) is 6.35. The summed E-state index contributed by atoms with van der Waals surface area (Å²) in [5.41, 5.74) is 2.11. The SMILES string of the molecule is CCC1Cc2c(c(OC)cc(C(=O)O)c2OC)CN1. The number of carbonyl (C=O) groups is 1. The Kier molecular flexibility index (Phi) is 3.95. The molecule has 1 heterocycles. The number of ether oxygens (including phenoxy) is 2. The molecule has 104 valence electrons. The van der Waals surface area contributed by atoms with Crippen LogP contribution in [0.15, 0.2) is 6.07 Å². The number of benzene rings is 1. The van der Waals surface area contributed by atoms with Gasteiger partial charge >= 0.3 is 5.97 Å². The molecule has 1 aliphatic heterocycles. The van der Waals surface area contributed by atoms with Crippen LogP contribution >= 0.6 is 0 Å². The van der Waals surface area contributed by atoms with Gasteiger partial charge in [0, 0.05) is 23.7 Å². The minimum atomic E-state index is -0.996. The van der Waals surface area contributed by atoms with Crippen molar-refractivity contribution < 1.29 is 19.4 Å². The van der Waals surface area contributed by atoms with Crippen LogP contribution in [0.25, 0.3) is 0 Å². The summed E-state index contributed by atoms with van der Waals surface area (Å²) < 4.78 is 10.6. The van der Waals surface area contributed by atoms with Crippen LogP contribution in [0.4, 0.5) is 0 Å². The molecule has 19 heavy (non-hydrogen) atoms. The van der Waals surface area contributed by atoms with Crippen molar-refractivity contribution in [2.45, 2.75) is 32.4 Å². The first-order chi connectivity index (χ1) is 9.12. The number of aromatic carboxylic acids is 1. The van der Waals surface area contributed by atoms with Crippen LogP contribution in [-0.2, 0) is 13.0 Å². The molecule has 0 bridgehead atoms. The second-order valence-electron chi connectivity index (χ2n) is 4.61. The molecular weight excluding hydrogens is 246 g/mol. The molecule has 5 nitrogen and oxygen atoms in total. The number of rotatable bonds is 4. The molecule has 0 saturated heterocycles. The third-order valence-corrected chi connectivity index (χ3v) is 3.62. The standard InChI is InChI=1S/C14H19NO4/c1-4-8-5-9-11(7-15-8)12(18-2)6-10(14(16)17)13(9)19-3/h6,8,15H,4-5,7H2,1-3H3,(H,16,17). The predicted octanol–water partition coefficient (Wildman–Crippen LogP) is 1.83. The van der Waals surface area contributed by atoms with Gasteiger partial charge in [0.05, 0.1) is 14.2 Å². The van der Waals surface area contributed by atoms with Crippen molar-refractivity contribution in [2.24, 2.45) is 0 Å². The highest BCUT2D eigenvalue weighted by atomic mass is 16.5. The molecule has 0 amide bonds. The molecule has 0 spiro atoms. The fourth-order valence-electron chi connectivity index (χ4n) is 2.57. The Bertz CT molecular complexity index is 499. The highest BCUT2D eigenvalue weighted by molar-refractivity contribution is 5.92. The molecular formula is C14H19NO4. The van der Waals surface area contributed by atoms with Crippen LogP contribution < -0.4 is 14.8 Å². The van der Waals surface area contributed by atoms with Crippen LogP contribution in [0, 0.1) is 0 Å². The van der Waals surface area contributed by atoms with Crippen molar-refractivity contribution in [3.8, 4) is 11.5 Å². The quantitative estimate of drug-likeness (QED) is 0.869. The second kappa shape index (κ2) is 5.48. The Labute approximate surface area is 112 Å². The molecule has 0 saturated carbocycles. The summed E-state index contributed by atoms with van der Waals surface area (Å²) in [5, 5.41) is 12.7. The van der Waals surface area contributed by atoms with Gasteiger partial charge in [-0.05, 0) is 18.9 Å². The largest absolute Gasteiger partial charge is 0.496 e. The summed E-state index contributed by atoms with van der Waals surface area (Å²) >= 11 is 0. The lowest BCUT2D eigenvalue weighted by atomic mass is 9.91. The molecule has 0 aliphatic carbocycles. The first kappa shape index (κ1) is 13.7. The van der Waals surface area contributed by atoms with E-state index < -0.39 is 5.97 Å². The molecule has 1 unspecified atom stereocenters. The fourth-order valence-corrected chi connectivity index (χ4v) is 2.57. The first-order valence-corrected chi connectivity index (χ1v) is 6.35. The van der Waals surface area contributed by atoms with Gasteiger partial charge in [0.1, 0.15) is 17.1 Å². The van der Waals surface area contributed by atoms with Gasteiger partial charge in [-0.2, -0.15) is 0 Å². The summed E-state index contributed by atoms with van der Waals surface area (Å²) in [4.78, 5) is 11.3. The van der Waals surface area contributed by atoms with Gasteiger partial charge in [-0.1, -0.05) is 6.92 Å². The lowest BCUT2D eigenvalue weighted by Crippen LogP contribution is -2.35. The number of carboxylic acids is 1. The molecule has 0 radical (unpaired) electrons. The molecule has 0 fully saturated rings. The number of hydrogen-bond donors (Lipinski definition) is 2. The molecule has 0 aromatic heterocycles. The van der Waals surface area contributed by atoms with E-state index in [2.05, 4.69) is 12.2 Å². The van der Waals surface area contributed by atoms with Gasteiger partial charge in [0.25, 0.3) is 0 Å². The molecule has 2 rings (SSSR count). The monoisotopic (exact) mass is 265 g/mol. The van der Waals surface area contributed by atoms with Crippen LogP contribution in [0.3, 0.4) is 0 Å². The molecule has 5 heteroatoms. The maximum Gasteiger partial charge on any atom is 0.339 e. The summed E-state index contributed by atoms with van der Waals surface area (Å²) in [5.74, 6) is 0.0723. The van der Waals surface area contributed by atoms with Crippen molar-refractivity contribution in [1.29, 1.82) is 0 Å². The molecule has 2 N–H and O–H groups in total. The summed E-state index contributed by atoms with van der Waals surface area (Å²) in [6.07, 6.45) is 1.74. The Hall–Kier alpha value is -1.75. The average molecular weight is 265 g/mol. The average Bonchev–Trinajstić information content (AvgIpc) is 2.44. The number of carboxylic acid groups (broad SMARTS) is 1. The maximum atomic E-state index is 11.3. The van der Waals surface area contributed by atoms with Crippen molar-refractivity contribution in [1.82, 2.24) is 5.32 Å². The minimum absolute atomic E-state index is 0.162. The second-order valence-corrected chi connectivity index (χ2v) is 4.61. The van der Waals surface area contributed by atoms with Gasteiger partial charge in [0.2, 0.25) is 0 Å². The van der Waals surface area contributed by atoms with Crippen LogP contribution in [0.1, 0.15) is 34.8 Å². The zero-order chi connectivity index (χ0) is 14.0. The number of hydrogen-bond acceptors (Lipinski definition) is 4. The topological polar surface area (TPSA) is 67.8 Å². The highest BCUT2D eigenvalue weighted by Gasteiger charge is 2.27. The van der Waals surface area contributed by atoms with E-state index in [1.165, 1.54) is 13.2 Å². The van der Waals surface area contributed by atoms with Crippen LogP contribution in [0.5, 0.6) is 11.5 Å². The Morgan fingerprint density at radius 3 is 2.68 bits per heavy atom. The van der Waals surface area contributed by atoms with Gasteiger partial charge in [-0.3, -0.25) is 0 Å². The van der Waals surface area contributed by atoms with Crippen molar-refractivity contribution >= 4 is 5.97 Å². The van der Waals surface area contributed by atoms with E-state index in [1.807, 2.05) is 0 Å². The van der Waals surface area contributed by atoms with Crippen molar-refractivity contribution in [3.05, 3.63) is 22.8 Å². The van der Waals surface area contributed by atoms with Gasteiger partial charge < -0.3 is 19.9 Å². The number of nitrogens with one attached hydrogen (secondary N) is 1. The highest BCUT2D eigenvalue weighted by Crippen LogP contribution is 2.37. The summed E-state index contributed by atoms with van der Waals surface area (Å²) in [6, 6.07) is 1.88. The van der Waals surface area contributed by atoms with E-state index >= 15 is 0 Å². The third kappa shape index (κ3) is 2.38. The van der Waals surface area contributed by atoms with Crippen molar-refractivity contribution in [2.75, 3.05) is 14.2 Å². The molecule has 1 aliphatic rings. The van der Waals surface area contributed by atoms with Crippen LogP contribution in [-0.4, -0.2) is 31.3 Å². The van der Waals surface area contributed by atoms with Gasteiger partial charge in [-0.25, -0.2) is 4.79 Å². The van der Waals surface area contributed by atoms with E-state index in [4.69, 9.17) is 9.47 Å². The Morgan fingerprint density at radius 2 is 2.16 bits per heavy atom. The minimum Gasteiger partial charge on any atom is -0.496 e. The fraction of sp³-hybridized carbons (Fsp3) is 0.500. The molecule has 1 aromatic carbocycles. The van der Waals surface area contributed by atoms with Crippen LogP contribution in [0.2, 0.25) is 0 Å². The zero-order valence-electron chi connectivity index (χ0n) is 11.4. The molecule has 1 atom stereocenters. The third-order valence-electron chi connectivity index (χ3n) is 3.62. The van der Waals surface area contributed by atoms with E-state index in [1.54, 1.807) is 7.11 Å². The van der Waals surface area contributed by atoms with Gasteiger partial charge in [-0.15, -0.1) is 0 Å². The zero-order valence-corrected chi connectivity index (χ0v) is 11.4. The van der Waals surface area contributed by atoms with Crippen molar-refractivity contribution in [3.63, 3.8) is 0 Å². The van der Waals surface area contributed by atoms with Gasteiger partial charge in [0.15, 0.2) is 0 Å². The Balaban J connectivity index is 2.61. The number of methoxy groups -OCH3 is 2. The van der Waals surface area contributed by atoms with E-state index in [-0.39, 0.29) is 5.56 Å². The maximum absolute atomic E-state index is 11.3. The number of fused-ring (bicyclic) bond motifs is 1. The van der Waals surface area contributed by atoms with E-state index in [9.17, 15) is 9.90 Å². The smallest absolute Gasteiger partial charge is 0.339 e. The lowest BCUT2D eigenvalue weighted by molar-refractivity contribution is 0.0692.